The predicted octanol–water partition coefficient (Wildman–Crippen LogP) is 3.86. The standard InChI is InChI=1S/C17H20ClN3O/c1-12-11-13(2)21-16(9-10-19-21)20(12)17(22)8-7-14-5-3-4-6-15(14)18/h3-6,9-10,12-13H,7-8,11H2,1-2H3/t12-,13+/m0/s1. The van der Waals surface area contributed by atoms with E-state index in [1.807, 2.05) is 39.9 Å². The van der Waals surface area contributed by atoms with Gasteiger partial charge in [0, 0.05) is 23.6 Å². The minimum Gasteiger partial charge on any atom is -0.294 e. The van der Waals surface area contributed by atoms with Gasteiger partial charge in [-0.05, 0) is 38.3 Å². The van der Waals surface area contributed by atoms with Crippen LogP contribution < -0.4 is 4.90 Å². The summed E-state index contributed by atoms with van der Waals surface area (Å²) in [6.07, 6.45) is 3.80. The maximum atomic E-state index is 12.7. The summed E-state index contributed by atoms with van der Waals surface area (Å²) < 4.78 is 1.94. The van der Waals surface area contributed by atoms with Crippen LogP contribution in [0.25, 0.3) is 0 Å². The van der Waals surface area contributed by atoms with Crippen LogP contribution in [-0.4, -0.2) is 21.7 Å². The van der Waals surface area contributed by atoms with Crippen LogP contribution in [-0.2, 0) is 11.2 Å². The van der Waals surface area contributed by atoms with E-state index in [0.29, 0.717) is 18.9 Å². The molecular formula is C17H20ClN3O. The highest BCUT2D eigenvalue weighted by Gasteiger charge is 2.31. The average molecular weight is 318 g/mol. The van der Waals surface area contributed by atoms with Crippen molar-refractivity contribution >= 4 is 23.3 Å². The molecule has 1 amide bonds. The van der Waals surface area contributed by atoms with Crippen molar-refractivity contribution in [3.05, 3.63) is 47.1 Å². The fourth-order valence-corrected chi connectivity index (χ4v) is 3.43. The molecule has 0 saturated carbocycles. The molecule has 1 aromatic heterocycles. The zero-order chi connectivity index (χ0) is 15.7. The normalized spacial score (nSPS) is 20.8. The van der Waals surface area contributed by atoms with Crippen LogP contribution in [0.5, 0.6) is 0 Å². The van der Waals surface area contributed by atoms with Gasteiger partial charge in [0.1, 0.15) is 5.82 Å². The number of rotatable bonds is 3. The number of hydrogen-bond acceptors (Lipinski definition) is 2. The second-order valence-electron chi connectivity index (χ2n) is 5.92. The van der Waals surface area contributed by atoms with Crippen molar-refractivity contribution in [2.45, 2.75) is 45.2 Å². The molecule has 4 nitrogen and oxygen atoms in total. The molecule has 0 bridgehead atoms. The van der Waals surface area contributed by atoms with Crippen molar-refractivity contribution in [2.75, 3.05) is 4.90 Å². The van der Waals surface area contributed by atoms with Crippen molar-refractivity contribution < 1.29 is 4.79 Å². The summed E-state index contributed by atoms with van der Waals surface area (Å²) in [5, 5.41) is 5.06. The third kappa shape index (κ3) is 2.75. The zero-order valence-electron chi connectivity index (χ0n) is 12.9. The highest BCUT2D eigenvalue weighted by molar-refractivity contribution is 6.31. The molecule has 0 N–H and O–H groups in total. The topological polar surface area (TPSA) is 38.1 Å². The van der Waals surface area contributed by atoms with Gasteiger partial charge < -0.3 is 0 Å². The molecule has 0 fully saturated rings. The number of carbonyl (C=O) groups is 1. The van der Waals surface area contributed by atoms with E-state index in [1.165, 1.54) is 0 Å². The van der Waals surface area contributed by atoms with E-state index < -0.39 is 0 Å². The Bertz CT molecular complexity index is 682. The fourth-order valence-electron chi connectivity index (χ4n) is 3.20. The third-order valence-electron chi connectivity index (χ3n) is 4.27. The van der Waals surface area contributed by atoms with Crippen LogP contribution in [0.1, 0.15) is 38.3 Å². The van der Waals surface area contributed by atoms with Gasteiger partial charge in [0.25, 0.3) is 0 Å². The summed E-state index contributed by atoms with van der Waals surface area (Å²) >= 11 is 6.17. The van der Waals surface area contributed by atoms with E-state index in [9.17, 15) is 4.79 Å². The van der Waals surface area contributed by atoms with Gasteiger partial charge in [0.2, 0.25) is 5.91 Å². The summed E-state index contributed by atoms with van der Waals surface area (Å²) in [5.41, 5.74) is 1.02. The first-order valence-corrected chi connectivity index (χ1v) is 8.04. The fraction of sp³-hybridized carbons (Fsp3) is 0.412. The van der Waals surface area contributed by atoms with E-state index >= 15 is 0 Å². The lowest BCUT2D eigenvalue weighted by Crippen LogP contribution is -2.45. The molecule has 22 heavy (non-hydrogen) atoms. The van der Waals surface area contributed by atoms with Crippen LogP contribution in [0.15, 0.2) is 36.5 Å². The summed E-state index contributed by atoms with van der Waals surface area (Å²) in [4.78, 5) is 14.6. The second-order valence-corrected chi connectivity index (χ2v) is 6.33. The van der Waals surface area contributed by atoms with E-state index in [4.69, 9.17) is 11.6 Å². The number of amides is 1. The van der Waals surface area contributed by atoms with Gasteiger partial charge in [0.15, 0.2) is 0 Å². The molecule has 2 heterocycles. The smallest absolute Gasteiger partial charge is 0.228 e. The van der Waals surface area contributed by atoms with Crippen molar-refractivity contribution in [2.24, 2.45) is 0 Å². The lowest BCUT2D eigenvalue weighted by molar-refractivity contribution is -0.119. The summed E-state index contributed by atoms with van der Waals surface area (Å²) in [7, 11) is 0. The van der Waals surface area contributed by atoms with Crippen molar-refractivity contribution in [1.82, 2.24) is 9.78 Å². The van der Waals surface area contributed by atoms with E-state index in [1.54, 1.807) is 6.20 Å². The van der Waals surface area contributed by atoms with Gasteiger partial charge in [-0.2, -0.15) is 5.10 Å². The minimum atomic E-state index is 0.126. The summed E-state index contributed by atoms with van der Waals surface area (Å²) in [6.45, 7) is 4.24. The van der Waals surface area contributed by atoms with Gasteiger partial charge in [0.05, 0.1) is 12.2 Å². The molecule has 0 aliphatic carbocycles. The lowest BCUT2D eigenvalue weighted by Gasteiger charge is -2.37. The second kappa shape index (κ2) is 6.13. The molecule has 0 spiro atoms. The molecule has 0 unspecified atom stereocenters. The Morgan fingerprint density at radius 2 is 2.05 bits per heavy atom. The maximum absolute atomic E-state index is 12.7. The van der Waals surface area contributed by atoms with Crippen LogP contribution in [0, 0.1) is 0 Å². The number of benzene rings is 1. The Morgan fingerprint density at radius 3 is 2.82 bits per heavy atom. The number of anilines is 1. The number of hydrogen-bond donors (Lipinski definition) is 0. The number of halogens is 1. The van der Waals surface area contributed by atoms with Crippen LogP contribution in [0.3, 0.4) is 0 Å². The monoisotopic (exact) mass is 317 g/mol. The largest absolute Gasteiger partial charge is 0.294 e. The van der Waals surface area contributed by atoms with Gasteiger partial charge >= 0.3 is 0 Å². The Balaban J connectivity index is 1.75. The minimum absolute atomic E-state index is 0.126. The molecule has 0 saturated heterocycles. The van der Waals surface area contributed by atoms with Crippen molar-refractivity contribution in [1.29, 1.82) is 0 Å². The molecule has 0 radical (unpaired) electrons. The van der Waals surface area contributed by atoms with E-state index in [2.05, 4.69) is 18.9 Å². The lowest BCUT2D eigenvalue weighted by atomic mass is 10.0. The first-order valence-electron chi connectivity index (χ1n) is 7.67. The van der Waals surface area contributed by atoms with Crippen LogP contribution >= 0.6 is 11.6 Å². The average Bonchev–Trinajstić information content (AvgIpc) is 2.96. The molecule has 2 atom stereocenters. The van der Waals surface area contributed by atoms with Crippen LogP contribution in [0.2, 0.25) is 5.02 Å². The number of carbonyl (C=O) groups excluding carboxylic acids is 1. The third-order valence-corrected chi connectivity index (χ3v) is 4.64. The molecule has 2 aromatic rings. The summed E-state index contributed by atoms with van der Waals surface area (Å²) in [5.74, 6) is 1.02. The molecule has 1 aliphatic rings. The SMILES string of the molecule is C[C@@H]1C[C@H](C)N(C(=O)CCc2ccccc2Cl)c2ccnn21. The number of aromatic nitrogens is 2. The Kier molecular flexibility index (Phi) is 4.21. The first kappa shape index (κ1) is 15.1. The number of fused-ring (bicyclic) bond motifs is 1. The molecule has 1 aromatic carbocycles. The number of aryl methyl sites for hydroxylation is 1. The molecular weight excluding hydrogens is 298 g/mol. The molecule has 5 heteroatoms. The van der Waals surface area contributed by atoms with Crippen molar-refractivity contribution in [3.63, 3.8) is 0 Å². The highest BCUT2D eigenvalue weighted by atomic mass is 35.5. The highest BCUT2D eigenvalue weighted by Crippen LogP contribution is 2.32. The Labute approximate surface area is 135 Å². The van der Waals surface area contributed by atoms with Gasteiger partial charge in [-0.3, -0.25) is 9.69 Å². The van der Waals surface area contributed by atoms with Crippen molar-refractivity contribution in [3.8, 4) is 0 Å². The maximum Gasteiger partial charge on any atom is 0.228 e. The molecule has 116 valence electrons. The predicted molar refractivity (Wildman–Crippen MR) is 88.3 cm³/mol. The van der Waals surface area contributed by atoms with E-state index in [-0.39, 0.29) is 11.9 Å². The Morgan fingerprint density at radius 1 is 1.27 bits per heavy atom. The quantitative estimate of drug-likeness (QED) is 0.862. The van der Waals surface area contributed by atoms with Gasteiger partial charge in [-0.1, -0.05) is 29.8 Å². The van der Waals surface area contributed by atoms with Gasteiger partial charge in [-0.15, -0.1) is 0 Å². The summed E-state index contributed by atoms with van der Waals surface area (Å²) in [6, 6.07) is 10.1. The molecule has 1 aliphatic heterocycles. The van der Waals surface area contributed by atoms with Crippen LogP contribution in [0.4, 0.5) is 5.82 Å². The zero-order valence-corrected chi connectivity index (χ0v) is 13.6. The number of nitrogens with zero attached hydrogens (tertiary/aromatic N) is 3. The van der Waals surface area contributed by atoms with Gasteiger partial charge in [-0.25, -0.2) is 4.68 Å². The first-order chi connectivity index (χ1) is 10.6. The molecule has 3 rings (SSSR count). The Hall–Kier alpha value is -1.81. The van der Waals surface area contributed by atoms with E-state index in [0.717, 1.165) is 22.8 Å².